The molecule has 0 aliphatic heterocycles. The zero-order valence-electron chi connectivity index (χ0n) is 18.4. The van der Waals surface area contributed by atoms with Crippen LogP contribution in [0.25, 0.3) is 0 Å². The van der Waals surface area contributed by atoms with Gasteiger partial charge in [-0.2, -0.15) is 0 Å². The lowest BCUT2D eigenvalue weighted by Gasteiger charge is -2.14. The third-order valence-electron chi connectivity index (χ3n) is 4.61. The standard InChI is InChI=1S/C26H29N3O3/c1-19(2)18-32-24-14-7-6-13-23(24)29-25(30)17-27-22-12-8-11-21(15-22)26(31)28-16-20-9-4-3-5-10-20/h3-15,19,27H,16-18H2,1-2H3,(H,28,31)(H,29,30). The van der Waals surface area contributed by atoms with Crippen molar-refractivity contribution in [3.8, 4) is 5.75 Å². The molecule has 0 saturated heterocycles. The summed E-state index contributed by atoms with van der Waals surface area (Å²) in [6.07, 6.45) is 0. The first-order valence-electron chi connectivity index (χ1n) is 10.7. The monoisotopic (exact) mass is 431 g/mol. The molecule has 0 heterocycles. The van der Waals surface area contributed by atoms with E-state index in [-0.39, 0.29) is 18.4 Å². The van der Waals surface area contributed by atoms with Gasteiger partial charge in [0.25, 0.3) is 5.91 Å². The van der Waals surface area contributed by atoms with E-state index in [1.165, 1.54) is 0 Å². The minimum atomic E-state index is -0.204. The van der Waals surface area contributed by atoms with Crippen LogP contribution in [0.4, 0.5) is 11.4 Å². The molecule has 3 aromatic rings. The number of carbonyl (C=O) groups excluding carboxylic acids is 2. The van der Waals surface area contributed by atoms with Crippen molar-refractivity contribution in [3.63, 3.8) is 0 Å². The molecule has 3 rings (SSSR count). The highest BCUT2D eigenvalue weighted by Gasteiger charge is 2.10. The van der Waals surface area contributed by atoms with Crippen LogP contribution in [-0.2, 0) is 11.3 Å². The number of nitrogens with one attached hydrogen (secondary N) is 3. The maximum atomic E-state index is 12.5. The summed E-state index contributed by atoms with van der Waals surface area (Å²) in [5, 5.41) is 8.85. The molecular weight excluding hydrogens is 402 g/mol. The minimum Gasteiger partial charge on any atom is -0.491 e. The molecule has 0 spiro atoms. The SMILES string of the molecule is CC(C)COc1ccccc1NC(=O)CNc1cccc(C(=O)NCc2ccccc2)c1. The highest BCUT2D eigenvalue weighted by Crippen LogP contribution is 2.24. The van der Waals surface area contributed by atoms with Crippen LogP contribution in [0.1, 0.15) is 29.8 Å². The fraction of sp³-hybridized carbons (Fsp3) is 0.231. The summed E-state index contributed by atoms with van der Waals surface area (Å²) in [7, 11) is 0. The third-order valence-corrected chi connectivity index (χ3v) is 4.61. The molecule has 0 radical (unpaired) electrons. The molecule has 0 unspecified atom stereocenters. The van der Waals surface area contributed by atoms with E-state index in [1.54, 1.807) is 18.2 Å². The molecular formula is C26H29N3O3. The summed E-state index contributed by atoms with van der Waals surface area (Å²) in [4.78, 5) is 24.9. The van der Waals surface area contributed by atoms with E-state index in [1.807, 2.05) is 60.7 Å². The van der Waals surface area contributed by atoms with Gasteiger partial charge in [-0.15, -0.1) is 0 Å². The maximum Gasteiger partial charge on any atom is 0.251 e. The largest absolute Gasteiger partial charge is 0.491 e. The van der Waals surface area contributed by atoms with Crippen LogP contribution in [-0.4, -0.2) is 25.0 Å². The van der Waals surface area contributed by atoms with Gasteiger partial charge < -0.3 is 20.7 Å². The molecule has 3 N–H and O–H groups in total. The van der Waals surface area contributed by atoms with E-state index in [4.69, 9.17) is 4.74 Å². The Hall–Kier alpha value is -3.80. The van der Waals surface area contributed by atoms with Crippen LogP contribution in [0.3, 0.4) is 0 Å². The summed E-state index contributed by atoms with van der Waals surface area (Å²) in [5.74, 6) is 0.659. The lowest BCUT2D eigenvalue weighted by Crippen LogP contribution is -2.24. The lowest BCUT2D eigenvalue weighted by atomic mass is 10.1. The number of anilines is 2. The van der Waals surface area contributed by atoms with Gasteiger partial charge in [0.2, 0.25) is 5.91 Å². The zero-order chi connectivity index (χ0) is 22.8. The quantitative estimate of drug-likeness (QED) is 0.435. The molecule has 0 aliphatic carbocycles. The van der Waals surface area contributed by atoms with Crippen LogP contribution in [0.15, 0.2) is 78.9 Å². The highest BCUT2D eigenvalue weighted by atomic mass is 16.5. The second kappa shape index (κ2) is 11.6. The van der Waals surface area contributed by atoms with Gasteiger partial charge in [0.15, 0.2) is 0 Å². The first-order valence-corrected chi connectivity index (χ1v) is 10.7. The summed E-state index contributed by atoms with van der Waals surface area (Å²) < 4.78 is 5.78. The Morgan fingerprint density at radius 1 is 0.906 bits per heavy atom. The molecule has 0 saturated carbocycles. The van der Waals surface area contributed by atoms with Crippen molar-refractivity contribution >= 4 is 23.2 Å². The van der Waals surface area contributed by atoms with Crippen molar-refractivity contribution in [2.75, 3.05) is 23.8 Å². The number of para-hydroxylation sites is 2. The molecule has 6 heteroatoms. The minimum absolute atomic E-state index is 0.0631. The van der Waals surface area contributed by atoms with Gasteiger partial charge in [0, 0.05) is 17.8 Å². The topological polar surface area (TPSA) is 79.5 Å². The van der Waals surface area contributed by atoms with Gasteiger partial charge in [-0.25, -0.2) is 0 Å². The molecule has 2 amide bonds. The van der Waals surface area contributed by atoms with E-state index in [0.29, 0.717) is 41.8 Å². The van der Waals surface area contributed by atoms with E-state index < -0.39 is 0 Å². The fourth-order valence-corrected chi connectivity index (χ4v) is 2.98. The van der Waals surface area contributed by atoms with E-state index >= 15 is 0 Å². The van der Waals surface area contributed by atoms with Crippen molar-refractivity contribution in [1.29, 1.82) is 0 Å². The maximum absolute atomic E-state index is 12.5. The molecule has 0 aromatic heterocycles. The summed E-state index contributed by atoms with van der Waals surface area (Å²) in [6, 6.07) is 24.2. The van der Waals surface area contributed by atoms with Crippen LogP contribution in [0.5, 0.6) is 5.75 Å². The molecule has 32 heavy (non-hydrogen) atoms. The van der Waals surface area contributed by atoms with Gasteiger partial charge in [0.1, 0.15) is 5.75 Å². The number of rotatable bonds is 10. The zero-order valence-corrected chi connectivity index (χ0v) is 18.4. The molecule has 3 aromatic carbocycles. The van der Waals surface area contributed by atoms with Gasteiger partial charge in [0.05, 0.1) is 18.8 Å². The third kappa shape index (κ3) is 7.16. The predicted octanol–water partition coefficient (Wildman–Crippen LogP) is 4.70. The predicted molar refractivity (Wildman–Crippen MR) is 128 cm³/mol. The van der Waals surface area contributed by atoms with Crippen LogP contribution in [0.2, 0.25) is 0 Å². The van der Waals surface area contributed by atoms with Crippen molar-refractivity contribution < 1.29 is 14.3 Å². The molecule has 166 valence electrons. The number of amides is 2. The smallest absolute Gasteiger partial charge is 0.251 e. The van der Waals surface area contributed by atoms with Gasteiger partial charge in [-0.05, 0) is 41.8 Å². The number of hydrogen-bond acceptors (Lipinski definition) is 4. The van der Waals surface area contributed by atoms with Gasteiger partial charge >= 0.3 is 0 Å². The van der Waals surface area contributed by atoms with Crippen molar-refractivity contribution in [3.05, 3.63) is 90.0 Å². The first kappa shape index (κ1) is 22.9. The Labute approximate surface area is 189 Å². The molecule has 0 aliphatic rings. The lowest BCUT2D eigenvalue weighted by molar-refractivity contribution is -0.114. The van der Waals surface area contributed by atoms with E-state index in [0.717, 1.165) is 5.56 Å². The van der Waals surface area contributed by atoms with E-state index in [2.05, 4.69) is 29.8 Å². The average molecular weight is 432 g/mol. The Morgan fingerprint density at radius 2 is 1.66 bits per heavy atom. The Morgan fingerprint density at radius 3 is 2.44 bits per heavy atom. The molecule has 6 nitrogen and oxygen atoms in total. The van der Waals surface area contributed by atoms with Crippen LogP contribution >= 0.6 is 0 Å². The number of hydrogen-bond donors (Lipinski definition) is 3. The molecule has 0 atom stereocenters. The Bertz CT molecular complexity index is 1040. The summed E-state index contributed by atoms with van der Waals surface area (Å²) >= 11 is 0. The molecule has 0 fully saturated rings. The van der Waals surface area contributed by atoms with Crippen molar-refractivity contribution in [1.82, 2.24) is 5.32 Å². The van der Waals surface area contributed by atoms with Crippen molar-refractivity contribution in [2.24, 2.45) is 5.92 Å². The van der Waals surface area contributed by atoms with Gasteiger partial charge in [-0.3, -0.25) is 9.59 Å². The first-order chi connectivity index (χ1) is 15.5. The number of carbonyl (C=O) groups is 2. The fourth-order valence-electron chi connectivity index (χ4n) is 2.98. The Kier molecular flexibility index (Phi) is 8.26. The molecule has 0 bridgehead atoms. The normalized spacial score (nSPS) is 10.5. The second-order valence-corrected chi connectivity index (χ2v) is 7.85. The summed E-state index contributed by atoms with van der Waals surface area (Å²) in [6.45, 7) is 5.23. The summed E-state index contributed by atoms with van der Waals surface area (Å²) in [5.41, 5.74) is 2.88. The number of benzene rings is 3. The Balaban J connectivity index is 1.53. The second-order valence-electron chi connectivity index (χ2n) is 7.85. The average Bonchev–Trinajstić information content (AvgIpc) is 2.81. The van der Waals surface area contributed by atoms with Crippen molar-refractivity contribution in [2.45, 2.75) is 20.4 Å². The van der Waals surface area contributed by atoms with Crippen LogP contribution in [0, 0.1) is 5.92 Å². The number of ether oxygens (including phenoxy) is 1. The highest BCUT2D eigenvalue weighted by molar-refractivity contribution is 5.96. The van der Waals surface area contributed by atoms with Gasteiger partial charge in [-0.1, -0.05) is 62.4 Å². The van der Waals surface area contributed by atoms with Crippen LogP contribution < -0.4 is 20.7 Å². The van der Waals surface area contributed by atoms with E-state index in [9.17, 15) is 9.59 Å².